The van der Waals surface area contributed by atoms with E-state index in [0.717, 1.165) is 5.56 Å². The van der Waals surface area contributed by atoms with Crippen LogP contribution in [-0.4, -0.2) is 23.4 Å². The number of nitrogens with one attached hydrogen (secondary N) is 2. The van der Waals surface area contributed by atoms with Crippen LogP contribution in [0.1, 0.15) is 25.3 Å². The molecule has 2 aromatic carbocycles. The third kappa shape index (κ3) is 4.55. The summed E-state index contributed by atoms with van der Waals surface area (Å²) in [7, 11) is 0. The average molecular weight is 399 g/mol. The van der Waals surface area contributed by atoms with E-state index in [1.54, 1.807) is 42.5 Å². The number of hydrogen-bond acceptors (Lipinski definition) is 4. The molecule has 1 heterocycles. The normalized spacial score (nSPS) is 13.8. The quantitative estimate of drug-likeness (QED) is 0.822. The Morgan fingerprint density at radius 1 is 1.04 bits per heavy atom. The van der Waals surface area contributed by atoms with Crippen molar-refractivity contribution in [2.75, 3.05) is 15.6 Å². The lowest BCUT2D eigenvalue weighted by molar-refractivity contribution is -0.119. The molecule has 0 fully saturated rings. The van der Waals surface area contributed by atoms with Crippen LogP contribution in [0.4, 0.5) is 17.1 Å². The standard InChI is InChI=1S/C20H19ClN4O3/c1-12-3-8-16(11-17(12)21)25-19(27)10-9-18(24-25)20(28)23-15-6-4-14(5-7-15)22-13(2)26/h3-8,11H,9-10H2,1-2H3,(H,22,26)(H,23,28). The molecule has 8 heteroatoms. The molecule has 0 spiro atoms. The van der Waals surface area contributed by atoms with Crippen LogP contribution in [-0.2, 0) is 14.4 Å². The molecule has 2 N–H and O–H groups in total. The van der Waals surface area contributed by atoms with Gasteiger partial charge < -0.3 is 10.6 Å². The van der Waals surface area contributed by atoms with E-state index in [-0.39, 0.29) is 36.3 Å². The summed E-state index contributed by atoms with van der Waals surface area (Å²) in [5, 5.41) is 11.4. The molecule has 144 valence electrons. The summed E-state index contributed by atoms with van der Waals surface area (Å²) in [5.41, 5.74) is 2.85. The SMILES string of the molecule is CC(=O)Nc1ccc(NC(=O)C2=NN(c3ccc(C)c(Cl)c3)C(=O)CC2)cc1. The molecule has 1 aliphatic rings. The minimum Gasteiger partial charge on any atom is -0.326 e. The Labute approximate surface area is 167 Å². The summed E-state index contributed by atoms with van der Waals surface area (Å²) < 4.78 is 0. The first-order valence-electron chi connectivity index (χ1n) is 8.69. The molecule has 0 saturated carbocycles. The Balaban J connectivity index is 1.76. The first kappa shape index (κ1) is 19.6. The second kappa shape index (κ2) is 8.22. The fourth-order valence-corrected chi connectivity index (χ4v) is 2.85. The molecule has 0 atom stereocenters. The van der Waals surface area contributed by atoms with Crippen molar-refractivity contribution in [3.63, 3.8) is 0 Å². The highest BCUT2D eigenvalue weighted by molar-refractivity contribution is 6.44. The van der Waals surface area contributed by atoms with Gasteiger partial charge in [-0.05, 0) is 48.9 Å². The Bertz CT molecular complexity index is 970. The number of halogens is 1. The lowest BCUT2D eigenvalue weighted by Gasteiger charge is -2.23. The molecular weight excluding hydrogens is 380 g/mol. The fourth-order valence-electron chi connectivity index (χ4n) is 2.68. The topological polar surface area (TPSA) is 90.9 Å². The highest BCUT2D eigenvalue weighted by atomic mass is 35.5. The van der Waals surface area contributed by atoms with Crippen LogP contribution >= 0.6 is 11.6 Å². The first-order valence-corrected chi connectivity index (χ1v) is 9.07. The summed E-state index contributed by atoms with van der Waals surface area (Å²) in [4.78, 5) is 35.9. The number of nitrogens with zero attached hydrogens (tertiary/aromatic N) is 2. The van der Waals surface area contributed by atoms with Crippen molar-refractivity contribution in [1.82, 2.24) is 0 Å². The zero-order valence-electron chi connectivity index (χ0n) is 15.5. The number of amides is 3. The number of anilines is 3. The summed E-state index contributed by atoms with van der Waals surface area (Å²) in [6, 6.07) is 11.9. The third-order valence-electron chi connectivity index (χ3n) is 4.16. The van der Waals surface area contributed by atoms with Crippen molar-refractivity contribution in [3.05, 3.63) is 53.1 Å². The Morgan fingerprint density at radius 2 is 1.68 bits per heavy atom. The maximum Gasteiger partial charge on any atom is 0.271 e. The van der Waals surface area contributed by atoms with Crippen molar-refractivity contribution >= 4 is 52.1 Å². The molecule has 0 bridgehead atoms. The number of aryl methyl sites for hydroxylation is 1. The lowest BCUT2D eigenvalue weighted by Crippen LogP contribution is -2.36. The molecule has 0 unspecified atom stereocenters. The highest BCUT2D eigenvalue weighted by Gasteiger charge is 2.26. The van der Waals surface area contributed by atoms with E-state index >= 15 is 0 Å². The van der Waals surface area contributed by atoms with Crippen molar-refractivity contribution < 1.29 is 14.4 Å². The van der Waals surface area contributed by atoms with Gasteiger partial charge in [-0.25, -0.2) is 5.01 Å². The van der Waals surface area contributed by atoms with Gasteiger partial charge in [-0.2, -0.15) is 5.10 Å². The smallest absolute Gasteiger partial charge is 0.271 e. The van der Waals surface area contributed by atoms with Gasteiger partial charge in [0.1, 0.15) is 5.71 Å². The summed E-state index contributed by atoms with van der Waals surface area (Å²) in [5.74, 6) is -0.756. The molecule has 0 aromatic heterocycles. The average Bonchev–Trinajstić information content (AvgIpc) is 2.65. The summed E-state index contributed by atoms with van der Waals surface area (Å²) in [6.45, 7) is 3.29. The van der Waals surface area contributed by atoms with E-state index in [1.165, 1.54) is 11.9 Å². The first-order chi connectivity index (χ1) is 13.3. The zero-order chi connectivity index (χ0) is 20.3. The molecule has 1 aliphatic heterocycles. The predicted molar refractivity (Wildman–Crippen MR) is 110 cm³/mol. The zero-order valence-corrected chi connectivity index (χ0v) is 16.2. The van der Waals surface area contributed by atoms with Crippen LogP contribution < -0.4 is 15.6 Å². The van der Waals surface area contributed by atoms with E-state index in [9.17, 15) is 14.4 Å². The monoisotopic (exact) mass is 398 g/mol. The van der Waals surface area contributed by atoms with Gasteiger partial charge >= 0.3 is 0 Å². The number of rotatable bonds is 4. The highest BCUT2D eigenvalue weighted by Crippen LogP contribution is 2.26. The van der Waals surface area contributed by atoms with Gasteiger partial charge in [-0.1, -0.05) is 17.7 Å². The van der Waals surface area contributed by atoms with Crippen LogP contribution in [0.25, 0.3) is 0 Å². The maximum atomic E-state index is 12.6. The van der Waals surface area contributed by atoms with Crippen LogP contribution in [0.2, 0.25) is 5.02 Å². The van der Waals surface area contributed by atoms with Gasteiger partial charge in [0.05, 0.1) is 5.69 Å². The second-order valence-corrected chi connectivity index (χ2v) is 6.81. The van der Waals surface area contributed by atoms with Crippen molar-refractivity contribution in [1.29, 1.82) is 0 Å². The van der Waals surface area contributed by atoms with Crippen molar-refractivity contribution in [2.24, 2.45) is 5.10 Å². The second-order valence-electron chi connectivity index (χ2n) is 6.40. The van der Waals surface area contributed by atoms with Gasteiger partial charge in [0, 0.05) is 36.2 Å². The number of hydrogen-bond donors (Lipinski definition) is 2. The molecule has 28 heavy (non-hydrogen) atoms. The molecule has 3 rings (SSSR count). The van der Waals surface area contributed by atoms with E-state index in [1.807, 2.05) is 6.92 Å². The molecule has 0 aliphatic carbocycles. The lowest BCUT2D eigenvalue weighted by atomic mass is 10.1. The van der Waals surface area contributed by atoms with E-state index in [0.29, 0.717) is 22.1 Å². The summed E-state index contributed by atoms with van der Waals surface area (Å²) >= 11 is 6.14. The largest absolute Gasteiger partial charge is 0.326 e. The molecule has 0 radical (unpaired) electrons. The minimum atomic E-state index is -0.386. The summed E-state index contributed by atoms with van der Waals surface area (Å²) in [6.07, 6.45) is 0.434. The van der Waals surface area contributed by atoms with E-state index < -0.39 is 0 Å². The van der Waals surface area contributed by atoms with Gasteiger partial charge in [0.25, 0.3) is 5.91 Å². The van der Waals surface area contributed by atoms with Crippen LogP contribution in [0.5, 0.6) is 0 Å². The fraction of sp³-hybridized carbons (Fsp3) is 0.200. The van der Waals surface area contributed by atoms with E-state index in [2.05, 4.69) is 15.7 Å². The van der Waals surface area contributed by atoms with Crippen LogP contribution in [0.3, 0.4) is 0 Å². The number of hydrazone groups is 1. The number of carbonyl (C=O) groups is 3. The maximum absolute atomic E-state index is 12.6. The minimum absolute atomic E-state index is 0.172. The van der Waals surface area contributed by atoms with Gasteiger partial charge in [-0.15, -0.1) is 0 Å². The van der Waals surface area contributed by atoms with Gasteiger partial charge in [0.15, 0.2) is 0 Å². The van der Waals surface area contributed by atoms with Gasteiger partial charge in [-0.3, -0.25) is 14.4 Å². The molecule has 7 nitrogen and oxygen atoms in total. The molecule has 3 amide bonds. The van der Waals surface area contributed by atoms with Crippen molar-refractivity contribution in [3.8, 4) is 0 Å². The van der Waals surface area contributed by atoms with Crippen LogP contribution in [0, 0.1) is 6.92 Å². The number of carbonyl (C=O) groups excluding carboxylic acids is 3. The third-order valence-corrected chi connectivity index (χ3v) is 4.57. The van der Waals surface area contributed by atoms with E-state index in [4.69, 9.17) is 11.6 Å². The van der Waals surface area contributed by atoms with Gasteiger partial charge in [0.2, 0.25) is 11.8 Å². The van der Waals surface area contributed by atoms with Crippen LogP contribution in [0.15, 0.2) is 47.6 Å². The number of benzene rings is 2. The predicted octanol–water partition coefficient (Wildman–Crippen LogP) is 3.73. The molecule has 2 aromatic rings. The molecular formula is C20H19ClN4O3. The Morgan fingerprint density at radius 3 is 2.29 bits per heavy atom. The Hall–Kier alpha value is -3.19. The Kier molecular flexibility index (Phi) is 5.75. The molecule has 0 saturated heterocycles. The van der Waals surface area contributed by atoms with Crippen molar-refractivity contribution in [2.45, 2.75) is 26.7 Å².